The van der Waals surface area contributed by atoms with Gasteiger partial charge >= 0.3 is 0 Å². The van der Waals surface area contributed by atoms with Gasteiger partial charge in [-0.15, -0.1) is 0 Å². The summed E-state index contributed by atoms with van der Waals surface area (Å²) in [6.45, 7) is 49.7. The van der Waals surface area contributed by atoms with Gasteiger partial charge in [-0.3, -0.25) is 4.98 Å². The summed E-state index contributed by atoms with van der Waals surface area (Å²) < 4.78 is 0. The Kier molecular flexibility index (Phi) is 35.7. The van der Waals surface area contributed by atoms with Gasteiger partial charge in [0.1, 0.15) is 6.33 Å². The Balaban J connectivity index is 0.000000484. The first kappa shape index (κ1) is 73.3. The lowest BCUT2D eigenvalue weighted by atomic mass is 9.99. The first-order chi connectivity index (χ1) is 40.1. The molecule has 9 aromatic carbocycles. The van der Waals surface area contributed by atoms with Gasteiger partial charge in [0.15, 0.2) is 0 Å². The summed E-state index contributed by atoms with van der Waals surface area (Å²) in [5, 5.41) is 10.3. The largest absolute Gasteiger partial charge is 0.256 e. The van der Waals surface area contributed by atoms with E-state index in [4.69, 9.17) is 0 Å². The normalized spacial score (nSPS) is 9.83. The third-order valence-electron chi connectivity index (χ3n) is 13.8. The fraction of sp³-hybridized carbons (Fsp3) is 0.312. The Morgan fingerprint density at radius 2 is 0.602 bits per heavy atom. The number of hydrogen-bond acceptors (Lipinski definition) is 3. The van der Waals surface area contributed by atoms with E-state index in [9.17, 15) is 0 Å². The van der Waals surface area contributed by atoms with Gasteiger partial charge in [-0.25, -0.2) is 9.97 Å². The molecule has 0 aliphatic heterocycles. The first-order valence-electron chi connectivity index (χ1n) is 30.8. The van der Waals surface area contributed by atoms with Crippen molar-refractivity contribution in [3.63, 3.8) is 0 Å². The first-order valence-corrected chi connectivity index (χ1v) is 30.8. The van der Waals surface area contributed by atoms with Crippen molar-refractivity contribution in [3.05, 3.63) is 260 Å². The Morgan fingerprint density at radius 1 is 0.277 bits per heavy atom. The Hall–Kier alpha value is -7.75. The van der Waals surface area contributed by atoms with Crippen molar-refractivity contribution < 1.29 is 0 Å². The molecule has 0 spiro atoms. The maximum atomic E-state index is 4.28. The van der Waals surface area contributed by atoms with E-state index >= 15 is 0 Å². The van der Waals surface area contributed by atoms with E-state index in [-0.39, 0.29) is 0 Å². The van der Waals surface area contributed by atoms with Crippen LogP contribution in [0.4, 0.5) is 0 Å². The second kappa shape index (κ2) is 40.4. The van der Waals surface area contributed by atoms with Crippen LogP contribution in [0.3, 0.4) is 0 Å². The smallest absolute Gasteiger partial charge is 0.116 e. The summed E-state index contributed by atoms with van der Waals surface area (Å²) in [5.41, 5.74) is 21.2. The van der Waals surface area contributed by atoms with E-state index in [1.165, 1.54) is 116 Å². The molecule has 83 heavy (non-hydrogen) atoms. The molecule has 0 fully saturated rings. The number of aromatic nitrogens is 3. The van der Waals surface area contributed by atoms with Gasteiger partial charge in [0.25, 0.3) is 0 Å². The molecule has 0 radical (unpaired) electrons. The van der Waals surface area contributed by atoms with Crippen LogP contribution >= 0.6 is 0 Å². The summed E-state index contributed by atoms with van der Waals surface area (Å²) in [6.07, 6.45) is 10.8. The summed E-state index contributed by atoms with van der Waals surface area (Å²) in [4.78, 5) is 12.4. The van der Waals surface area contributed by atoms with Crippen LogP contribution in [0.5, 0.6) is 0 Å². The van der Waals surface area contributed by atoms with Gasteiger partial charge in [0, 0.05) is 23.2 Å². The van der Waals surface area contributed by atoms with Crippen LogP contribution in [0.1, 0.15) is 161 Å². The number of aryl methyl sites for hydroxylation is 12. The molecule has 2 aromatic heterocycles. The minimum atomic E-state index is 1.02. The molecule has 1 aliphatic rings. The number of allylic oxidation sites excluding steroid dienone is 1. The fourth-order valence-electron chi connectivity index (χ4n) is 8.48. The molecule has 440 valence electrons. The molecule has 0 saturated carbocycles. The highest BCUT2D eigenvalue weighted by atomic mass is 14.8. The second-order valence-corrected chi connectivity index (χ2v) is 19.2. The predicted octanol–water partition coefficient (Wildman–Crippen LogP) is 24.5. The summed E-state index contributed by atoms with van der Waals surface area (Å²) >= 11 is 0. The molecule has 3 heteroatoms. The third kappa shape index (κ3) is 23.2. The molecule has 0 atom stereocenters. The fourth-order valence-corrected chi connectivity index (χ4v) is 8.48. The average molecular weight is 1110 g/mol. The van der Waals surface area contributed by atoms with Crippen LogP contribution in [0.25, 0.3) is 60.2 Å². The van der Waals surface area contributed by atoms with E-state index in [1.807, 2.05) is 102 Å². The van der Waals surface area contributed by atoms with Crippen LogP contribution in [0.15, 0.2) is 183 Å². The lowest BCUT2D eigenvalue weighted by molar-refractivity contribution is 1.21. The summed E-state index contributed by atoms with van der Waals surface area (Å²) in [7, 11) is 0. The summed E-state index contributed by atoms with van der Waals surface area (Å²) in [5.74, 6) is 0. The monoisotopic (exact) mass is 1110 g/mol. The van der Waals surface area contributed by atoms with Gasteiger partial charge in [0.05, 0.1) is 11.0 Å². The van der Waals surface area contributed by atoms with Crippen molar-refractivity contribution in [1.82, 2.24) is 15.0 Å². The lowest BCUT2D eigenvalue weighted by Crippen LogP contribution is -1.86. The minimum absolute atomic E-state index is 1.02. The van der Waals surface area contributed by atoms with E-state index in [0.29, 0.717) is 0 Å². The van der Waals surface area contributed by atoms with Gasteiger partial charge in [0.2, 0.25) is 0 Å². The molecule has 2 heterocycles. The van der Waals surface area contributed by atoms with E-state index in [0.717, 1.165) is 22.8 Å². The van der Waals surface area contributed by atoms with E-state index in [1.54, 1.807) is 6.33 Å². The molecule has 12 rings (SSSR count). The number of pyridine rings is 1. The molecule has 0 bridgehead atoms. The average Bonchev–Trinajstić information content (AvgIpc) is 4.07. The van der Waals surface area contributed by atoms with Crippen LogP contribution in [0, 0.1) is 83.1 Å². The van der Waals surface area contributed by atoms with Crippen molar-refractivity contribution in [2.24, 2.45) is 0 Å². The van der Waals surface area contributed by atoms with Crippen molar-refractivity contribution in [2.45, 2.75) is 173 Å². The molecule has 0 amide bonds. The standard InChI is InChI=1S/C16H14.C12H12.C11H11N.C11H12.C10H10N2.C8H10.6C2H6/c1-11-7-15-9-13-5-3-4-6-14(13)10-16(15)8-12(11)2;1-9-7-11-5-3-4-6-12(11)8-10(9)2;1-8-6-10-4-3-5-12-11(10)7-9(8)2;1-8-6-10-4-3-5-11(10)7-9(8)2;1-7-3-9-5-11-6-12-10(9)4-8(7)2;1-7-5-3-4-6-8(7)2;6*1-2/h3-10H,1-2H3;3-8H,1-2H3;3-7H,1-2H3;3-4,6-7H,5H2,1-2H3;3-6H,1-2H3;3-6H,1-2H3;6*1-2H3. The third-order valence-corrected chi connectivity index (χ3v) is 13.8. The zero-order valence-corrected chi connectivity index (χ0v) is 55.9. The predicted molar refractivity (Wildman–Crippen MR) is 377 cm³/mol. The number of rotatable bonds is 0. The van der Waals surface area contributed by atoms with Gasteiger partial charge < -0.3 is 0 Å². The van der Waals surface area contributed by atoms with Crippen LogP contribution in [-0.2, 0) is 6.42 Å². The van der Waals surface area contributed by atoms with Gasteiger partial charge in [-0.2, -0.15) is 0 Å². The summed E-state index contributed by atoms with van der Waals surface area (Å²) in [6, 6.07) is 56.1. The highest BCUT2D eigenvalue weighted by Gasteiger charge is 2.06. The highest BCUT2D eigenvalue weighted by molar-refractivity contribution is 5.98. The zero-order valence-electron chi connectivity index (χ0n) is 55.9. The van der Waals surface area contributed by atoms with Crippen LogP contribution < -0.4 is 0 Å². The molecular weight excluding hydrogens is 1000 g/mol. The zero-order chi connectivity index (χ0) is 62.6. The number of hydrogen-bond donors (Lipinski definition) is 0. The molecular formula is C80H105N3. The second-order valence-electron chi connectivity index (χ2n) is 19.2. The highest BCUT2D eigenvalue weighted by Crippen LogP contribution is 2.26. The number of nitrogens with zero attached hydrogens (tertiary/aromatic N) is 3. The topological polar surface area (TPSA) is 38.7 Å². The van der Waals surface area contributed by atoms with Crippen LogP contribution in [0.2, 0.25) is 0 Å². The lowest BCUT2D eigenvalue weighted by Gasteiger charge is -2.06. The Labute approximate surface area is 505 Å². The van der Waals surface area contributed by atoms with Crippen molar-refractivity contribution in [3.8, 4) is 0 Å². The number of fused-ring (bicyclic) bond motifs is 6. The quantitative estimate of drug-likeness (QED) is 0.142. The SMILES string of the molecule is CC.CC.CC.CC.CC.CC.Cc1cc2c(cc1C)CC=C2.Cc1cc2cc3ccccc3cc2cc1C.Cc1cc2ccccc2cc1C.Cc1cc2cccnc2cc1C.Cc1cc2cncnc2cc1C.Cc1ccccc1C. The molecule has 0 unspecified atom stereocenters. The number of benzene rings is 9. The minimum Gasteiger partial charge on any atom is -0.256 e. The molecule has 3 nitrogen and oxygen atoms in total. The van der Waals surface area contributed by atoms with Gasteiger partial charge in [-0.05, 0) is 242 Å². The maximum absolute atomic E-state index is 4.28. The molecule has 11 aromatic rings. The van der Waals surface area contributed by atoms with E-state index < -0.39 is 0 Å². The van der Waals surface area contributed by atoms with Crippen molar-refractivity contribution >= 4 is 60.2 Å². The Bertz CT molecular complexity index is 3250. The van der Waals surface area contributed by atoms with E-state index in [2.05, 4.69) is 262 Å². The Morgan fingerprint density at radius 3 is 1.04 bits per heavy atom. The molecule has 0 saturated heterocycles. The van der Waals surface area contributed by atoms with Crippen molar-refractivity contribution in [1.29, 1.82) is 0 Å². The molecule has 0 N–H and O–H groups in total. The van der Waals surface area contributed by atoms with Crippen molar-refractivity contribution in [2.75, 3.05) is 0 Å². The van der Waals surface area contributed by atoms with Crippen LogP contribution in [-0.4, -0.2) is 15.0 Å². The maximum Gasteiger partial charge on any atom is 0.116 e. The molecule has 1 aliphatic carbocycles. The van der Waals surface area contributed by atoms with Gasteiger partial charge in [-0.1, -0.05) is 210 Å².